The Morgan fingerprint density at radius 3 is 2.32 bits per heavy atom. The van der Waals surface area contributed by atoms with Crippen LogP contribution < -0.4 is 20.0 Å². The van der Waals surface area contributed by atoms with Gasteiger partial charge in [-0.2, -0.15) is 0 Å². The first-order valence-electron chi connectivity index (χ1n) is 9.89. The van der Waals surface area contributed by atoms with Crippen LogP contribution in [0.25, 0.3) is 0 Å². The largest absolute Gasteiger partial charge is 0.442 e. The van der Waals surface area contributed by atoms with Crippen LogP contribution in [-0.2, 0) is 9.53 Å². The maximum Gasteiger partial charge on any atom is 0.414 e. The van der Waals surface area contributed by atoms with Crippen molar-refractivity contribution >= 4 is 29.1 Å². The molecule has 11 heteroatoms. The highest BCUT2D eigenvalue weighted by Gasteiger charge is 2.34. The number of amides is 2. The van der Waals surface area contributed by atoms with E-state index >= 15 is 0 Å². The first-order chi connectivity index (χ1) is 14.9. The lowest BCUT2D eigenvalue weighted by molar-refractivity contribution is -0.119. The summed E-state index contributed by atoms with van der Waals surface area (Å²) in [7, 11) is 0. The Kier molecular flexibility index (Phi) is 5.83. The average Bonchev–Trinajstić information content (AvgIpc) is 3.13. The van der Waals surface area contributed by atoms with E-state index in [2.05, 4.69) is 20.2 Å². The van der Waals surface area contributed by atoms with E-state index in [1.165, 1.54) is 13.3 Å². The molecule has 0 bridgehead atoms. The molecule has 0 radical (unpaired) electrons. The Bertz CT molecular complexity index is 946. The van der Waals surface area contributed by atoms with E-state index in [0.29, 0.717) is 26.2 Å². The van der Waals surface area contributed by atoms with Crippen LogP contribution >= 0.6 is 0 Å². The number of hydrogen-bond acceptors (Lipinski definition) is 7. The zero-order chi connectivity index (χ0) is 22.0. The second kappa shape index (κ2) is 8.70. The number of carbonyl (C=O) groups excluding carboxylic acids is 2. The number of halogens is 2. The van der Waals surface area contributed by atoms with E-state index in [4.69, 9.17) is 4.74 Å². The minimum atomic E-state index is -0.746. The molecule has 164 valence electrons. The molecule has 2 saturated heterocycles. The van der Waals surface area contributed by atoms with Gasteiger partial charge >= 0.3 is 6.09 Å². The normalized spacial score (nSPS) is 18.9. The molecule has 9 nitrogen and oxygen atoms in total. The number of benzene rings is 1. The number of carbonyl (C=O) groups is 2. The summed E-state index contributed by atoms with van der Waals surface area (Å²) in [5.41, 5.74) is 0.823. The Morgan fingerprint density at radius 2 is 1.71 bits per heavy atom. The number of piperazine rings is 1. The lowest BCUT2D eigenvalue weighted by Crippen LogP contribution is -2.47. The van der Waals surface area contributed by atoms with Crippen LogP contribution in [0.1, 0.15) is 6.92 Å². The number of hydrogen-bond donors (Lipinski definition) is 1. The fourth-order valence-corrected chi connectivity index (χ4v) is 3.75. The number of aromatic nitrogens is 2. The third-order valence-electron chi connectivity index (χ3n) is 5.27. The van der Waals surface area contributed by atoms with E-state index in [1.807, 2.05) is 0 Å². The molecule has 4 rings (SSSR count). The van der Waals surface area contributed by atoms with Crippen LogP contribution in [0, 0.1) is 11.6 Å². The van der Waals surface area contributed by atoms with Gasteiger partial charge in [0.15, 0.2) is 11.6 Å². The minimum Gasteiger partial charge on any atom is -0.442 e. The quantitative estimate of drug-likeness (QED) is 0.767. The molecular weight excluding hydrogens is 410 g/mol. The first kappa shape index (κ1) is 20.8. The summed E-state index contributed by atoms with van der Waals surface area (Å²) >= 11 is 0. The number of anilines is 3. The van der Waals surface area contributed by atoms with E-state index in [0.717, 1.165) is 22.7 Å². The van der Waals surface area contributed by atoms with Crippen molar-refractivity contribution < 1.29 is 23.1 Å². The van der Waals surface area contributed by atoms with Gasteiger partial charge in [0, 0.05) is 45.2 Å². The lowest BCUT2D eigenvalue weighted by Gasteiger charge is -2.37. The number of nitrogens with one attached hydrogen (secondary N) is 1. The SMILES string of the molecule is CC(=O)NC[C@H]1CN(c2cc(F)c(N3CCN(c4cncnc4)CC3)c(F)c2)C(=O)O1. The molecule has 1 aromatic carbocycles. The second-order valence-corrected chi connectivity index (χ2v) is 7.38. The Hall–Kier alpha value is -3.50. The number of rotatable bonds is 5. The van der Waals surface area contributed by atoms with Crippen molar-refractivity contribution in [3.8, 4) is 0 Å². The van der Waals surface area contributed by atoms with Crippen molar-refractivity contribution in [3.63, 3.8) is 0 Å². The molecule has 0 spiro atoms. The van der Waals surface area contributed by atoms with E-state index in [-0.39, 0.29) is 30.4 Å². The van der Waals surface area contributed by atoms with Crippen molar-refractivity contribution in [1.29, 1.82) is 0 Å². The van der Waals surface area contributed by atoms with Gasteiger partial charge in [-0.15, -0.1) is 0 Å². The van der Waals surface area contributed by atoms with Crippen LogP contribution in [-0.4, -0.2) is 67.3 Å². The van der Waals surface area contributed by atoms with Gasteiger partial charge < -0.3 is 19.9 Å². The van der Waals surface area contributed by atoms with Gasteiger partial charge in [0.2, 0.25) is 5.91 Å². The Balaban J connectivity index is 1.45. The highest BCUT2D eigenvalue weighted by molar-refractivity contribution is 5.90. The predicted octanol–water partition coefficient (Wildman–Crippen LogP) is 1.54. The van der Waals surface area contributed by atoms with Gasteiger partial charge in [0.1, 0.15) is 18.1 Å². The number of nitrogens with zero attached hydrogens (tertiary/aromatic N) is 5. The minimum absolute atomic E-state index is 0.0779. The summed E-state index contributed by atoms with van der Waals surface area (Å²) in [6.07, 6.45) is 3.56. The summed E-state index contributed by atoms with van der Waals surface area (Å²) in [6, 6.07) is 2.27. The summed E-state index contributed by atoms with van der Waals surface area (Å²) in [5, 5.41) is 2.56. The van der Waals surface area contributed by atoms with Crippen molar-refractivity contribution in [2.45, 2.75) is 13.0 Å². The molecule has 2 aliphatic rings. The maximum atomic E-state index is 14.9. The Morgan fingerprint density at radius 1 is 1.10 bits per heavy atom. The third kappa shape index (κ3) is 4.49. The highest BCUT2D eigenvalue weighted by atomic mass is 19.1. The molecule has 31 heavy (non-hydrogen) atoms. The summed E-state index contributed by atoms with van der Waals surface area (Å²) < 4.78 is 35.0. The second-order valence-electron chi connectivity index (χ2n) is 7.38. The monoisotopic (exact) mass is 432 g/mol. The van der Waals surface area contributed by atoms with Gasteiger partial charge in [0.25, 0.3) is 0 Å². The zero-order valence-electron chi connectivity index (χ0n) is 16.9. The topological polar surface area (TPSA) is 90.9 Å². The van der Waals surface area contributed by atoms with Crippen LogP contribution in [0.4, 0.5) is 30.6 Å². The molecular formula is C20H22F2N6O3. The maximum absolute atomic E-state index is 14.9. The number of ether oxygens (including phenoxy) is 1. The molecule has 1 atom stereocenters. The molecule has 0 unspecified atom stereocenters. The average molecular weight is 432 g/mol. The number of cyclic esters (lactones) is 1. The standard InChI is InChI=1S/C20H22F2N6O3/c1-13(29)25-10-16-11-28(20(30)31-16)14-6-17(21)19(18(22)7-14)27-4-2-26(3-5-27)15-8-23-12-24-9-15/h6-9,12,16H,2-5,10-11H2,1H3,(H,25,29)/t16-/m0/s1. The molecule has 3 heterocycles. The molecule has 1 aromatic heterocycles. The van der Waals surface area contributed by atoms with Crippen LogP contribution in [0.3, 0.4) is 0 Å². The van der Waals surface area contributed by atoms with Crippen molar-refractivity contribution in [2.24, 2.45) is 0 Å². The van der Waals surface area contributed by atoms with E-state index < -0.39 is 23.8 Å². The first-order valence-corrected chi connectivity index (χ1v) is 9.89. The summed E-state index contributed by atoms with van der Waals surface area (Å²) in [6.45, 7) is 3.56. The van der Waals surface area contributed by atoms with Gasteiger partial charge in [-0.1, -0.05) is 0 Å². The van der Waals surface area contributed by atoms with Crippen molar-refractivity contribution in [1.82, 2.24) is 15.3 Å². The molecule has 0 saturated carbocycles. The molecule has 2 amide bonds. The van der Waals surface area contributed by atoms with Crippen molar-refractivity contribution in [3.05, 3.63) is 42.5 Å². The fraction of sp³-hybridized carbons (Fsp3) is 0.400. The molecule has 2 fully saturated rings. The van der Waals surface area contributed by atoms with Crippen molar-refractivity contribution in [2.75, 3.05) is 54.0 Å². The van der Waals surface area contributed by atoms with Crippen LogP contribution in [0.5, 0.6) is 0 Å². The van der Waals surface area contributed by atoms with Crippen LogP contribution in [0.2, 0.25) is 0 Å². The van der Waals surface area contributed by atoms with E-state index in [9.17, 15) is 18.4 Å². The zero-order valence-corrected chi connectivity index (χ0v) is 16.9. The van der Waals surface area contributed by atoms with Gasteiger partial charge in [-0.25, -0.2) is 23.5 Å². The smallest absolute Gasteiger partial charge is 0.414 e. The molecule has 1 N–H and O–H groups in total. The molecule has 2 aromatic rings. The fourth-order valence-electron chi connectivity index (χ4n) is 3.75. The molecule has 0 aliphatic carbocycles. The van der Waals surface area contributed by atoms with Gasteiger partial charge in [-0.05, 0) is 0 Å². The third-order valence-corrected chi connectivity index (χ3v) is 5.27. The summed E-state index contributed by atoms with van der Waals surface area (Å²) in [5.74, 6) is -1.75. The van der Waals surface area contributed by atoms with E-state index in [1.54, 1.807) is 17.3 Å². The predicted molar refractivity (Wildman–Crippen MR) is 109 cm³/mol. The van der Waals surface area contributed by atoms with Gasteiger partial charge in [-0.3, -0.25) is 9.69 Å². The highest BCUT2D eigenvalue weighted by Crippen LogP contribution is 2.32. The van der Waals surface area contributed by atoms with Crippen LogP contribution in [0.15, 0.2) is 30.9 Å². The van der Waals surface area contributed by atoms with Gasteiger partial charge in [0.05, 0.1) is 36.9 Å². The Labute approximate surface area is 177 Å². The summed E-state index contributed by atoms with van der Waals surface area (Å²) in [4.78, 5) is 36.0. The molecule has 2 aliphatic heterocycles. The lowest BCUT2D eigenvalue weighted by atomic mass is 10.2.